The maximum atomic E-state index is 12.3. The molecule has 0 saturated heterocycles. The van der Waals surface area contributed by atoms with Crippen molar-refractivity contribution in [3.8, 4) is 0 Å². The van der Waals surface area contributed by atoms with Gasteiger partial charge in [-0.05, 0) is 5.56 Å². The van der Waals surface area contributed by atoms with Crippen LogP contribution >= 0.6 is 15.9 Å². The molecule has 0 fully saturated rings. The first kappa shape index (κ1) is 15.2. The highest BCUT2D eigenvalue weighted by molar-refractivity contribution is 9.09. The molecule has 0 amide bonds. The molecule has 0 saturated carbocycles. The normalized spacial score (nSPS) is 13.3. The fourth-order valence-electron chi connectivity index (χ4n) is 1.78. The van der Waals surface area contributed by atoms with Gasteiger partial charge in [0.15, 0.2) is 5.03 Å². The summed E-state index contributed by atoms with van der Waals surface area (Å²) in [5.41, 5.74) is 0.906. The molecule has 2 N–H and O–H groups in total. The van der Waals surface area contributed by atoms with Crippen LogP contribution in [0.25, 0.3) is 0 Å². The van der Waals surface area contributed by atoms with Crippen molar-refractivity contribution in [2.45, 2.75) is 24.4 Å². The Labute approximate surface area is 127 Å². The van der Waals surface area contributed by atoms with E-state index in [4.69, 9.17) is 0 Å². The molecular formula is C13H16BrN3O2S. The van der Waals surface area contributed by atoms with Crippen LogP contribution < -0.4 is 4.72 Å². The fourth-order valence-corrected chi connectivity index (χ4v) is 3.70. The molecule has 5 nitrogen and oxygen atoms in total. The molecule has 0 aliphatic rings. The van der Waals surface area contributed by atoms with Gasteiger partial charge in [0.2, 0.25) is 0 Å². The summed E-state index contributed by atoms with van der Waals surface area (Å²) in [4.78, 5) is 6.83. The molecule has 1 heterocycles. The van der Waals surface area contributed by atoms with Gasteiger partial charge in [0.25, 0.3) is 10.0 Å². The number of hydrogen-bond acceptors (Lipinski definition) is 3. The molecule has 0 bridgehead atoms. The first-order valence-electron chi connectivity index (χ1n) is 6.24. The van der Waals surface area contributed by atoms with E-state index in [-0.39, 0.29) is 11.1 Å². The second-order valence-corrected chi connectivity index (χ2v) is 6.62. The van der Waals surface area contributed by atoms with Crippen molar-refractivity contribution in [2.75, 3.05) is 5.33 Å². The van der Waals surface area contributed by atoms with E-state index in [9.17, 15) is 8.42 Å². The largest absolute Gasteiger partial charge is 0.332 e. The number of aromatic amines is 1. The Bertz CT molecular complexity index is 655. The van der Waals surface area contributed by atoms with E-state index in [1.54, 1.807) is 0 Å². The highest BCUT2D eigenvalue weighted by Gasteiger charge is 2.22. The predicted octanol–water partition coefficient (Wildman–Crippen LogP) is 2.39. The number of aromatic nitrogens is 2. The number of imidazole rings is 1. The number of benzene rings is 1. The highest BCUT2D eigenvalue weighted by atomic mass is 79.9. The van der Waals surface area contributed by atoms with Gasteiger partial charge < -0.3 is 4.98 Å². The van der Waals surface area contributed by atoms with Gasteiger partial charge in [-0.1, -0.05) is 53.2 Å². The summed E-state index contributed by atoms with van der Waals surface area (Å²) in [7, 11) is -3.61. The summed E-state index contributed by atoms with van der Waals surface area (Å²) < 4.78 is 27.3. The molecule has 1 aromatic carbocycles. The summed E-state index contributed by atoms with van der Waals surface area (Å²) in [6.45, 7) is 1.91. The molecule has 1 aromatic heterocycles. The molecule has 1 unspecified atom stereocenters. The van der Waals surface area contributed by atoms with Crippen molar-refractivity contribution < 1.29 is 8.42 Å². The number of alkyl halides is 1. The quantitative estimate of drug-likeness (QED) is 0.779. The van der Waals surface area contributed by atoms with Crippen LogP contribution in [-0.2, 0) is 16.4 Å². The maximum Gasteiger partial charge on any atom is 0.258 e. The minimum Gasteiger partial charge on any atom is -0.332 e. The molecule has 1 atom stereocenters. The smallest absolute Gasteiger partial charge is 0.258 e. The molecule has 0 aliphatic heterocycles. The zero-order valence-corrected chi connectivity index (χ0v) is 13.4. The molecule has 7 heteroatoms. The molecule has 0 spiro atoms. The van der Waals surface area contributed by atoms with Crippen LogP contribution in [0.15, 0.2) is 41.6 Å². The molecule has 108 valence electrons. The van der Waals surface area contributed by atoms with Crippen molar-refractivity contribution in [1.82, 2.24) is 14.7 Å². The zero-order chi connectivity index (χ0) is 14.6. The summed E-state index contributed by atoms with van der Waals surface area (Å²) >= 11 is 3.34. The second-order valence-electron chi connectivity index (χ2n) is 4.29. The zero-order valence-electron chi connectivity index (χ0n) is 11.0. The monoisotopic (exact) mass is 357 g/mol. The van der Waals surface area contributed by atoms with Gasteiger partial charge in [0.05, 0.1) is 12.2 Å². The lowest BCUT2D eigenvalue weighted by atomic mass is 10.1. The lowest BCUT2D eigenvalue weighted by Gasteiger charge is -2.15. The molecule has 20 heavy (non-hydrogen) atoms. The van der Waals surface area contributed by atoms with Gasteiger partial charge in [-0.15, -0.1) is 0 Å². The Morgan fingerprint density at radius 2 is 2.05 bits per heavy atom. The minimum absolute atomic E-state index is 0.0937. The van der Waals surface area contributed by atoms with Gasteiger partial charge in [-0.25, -0.2) is 18.1 Å². The standard InChI is InChI=1S/C13H16BrN3O2S/c1-2-12-15-9-13(16-12)20(18,19)17-11(8-14)10-6-4-3-5-7-10/h3-7,9,11,17H,2,8H2,1H3,(H,15,16). The third kappa shape index (κ3) is 3.47. The number of halogens is 1. The van der Waals surface area contributed by atoms with Crippen LogP contribution in [0.2, 0.25) is 0 Å². The van der Waals surface area contributed by atoms with Gasteiger partial charge in [0.1, 0.15) is 5.82 Å². The lowest BCUT2D eigenvalue weighted by molar-refractivity contribution is 0.565. The average molecular weight is 358 g/mol. The lowest BCUT2D eigenvalue weighted by Crippen LogP contribution is -2.29. The van der Waals surface area contributed by atoms with E-state index >= 15 is 0 Å². The number of sulfonamides is 1. The van der Waals surface area contributed by atoms with Gasteiger partial charge in [-0.3, -0.25) is 0 Å². The summed E-state index contributed by atoms with van der Waals surface area (Å²) in [5, 5.41) is 0.585. The van der Waals surface area contributed by atoms with Crippen molar-refractivity contribution >= 4 is 26.0 Å². The van der Waals surface area contributed by atoms with E-state index in [0.717, 1.165) is 5.56 Å². The predicted molar refractivity (Wildman–Crippen MR) is 81.3 cm³/mol. The van der Waals surface area contributed by atoms with Crippen LogP contribution in [0.1, 0.15) is 24.4 Å². The molecule has 2 rings (SSSR count). The van der Waals surface area contributed by atoms with Crippen molar-refractivity contribution in [3.63, 3.8) is 0 Å². The van der Waals surface area contributed by atoms with Crippen LogP contribution in [0, 0.1) is 0 Å². The van der Waals surface area contributed by atoms with Gasteiger partial charge in [0, 0.05) is 11.8 Å². The topological polar surface area (TPSA) is 74.8 Å². The van der Waals surface area contributed by atoms with E-state index in [1.807, 2.05) is 37.3 Å². The highest BCUT2D eigenvalue weighted by Crippen LogP contribution is 2.18. The number of aryl methyl sites for hydroxylation is 1. The van der Waals surface area contributed by atoms with Crippen LogP contribution in [0.5, 0.6) is 0 Å². The second kappa shape index (κ2) is 6.51. The number of rotatable bonds is 6. The Balaban J connectivity index is 2.22. The third-order valence-corrected chi connectivity index (χ3v) is 4.91. The fraction of sp³-hybridized carbons (Fsp3) is 0.308. The van der Waals surface area contributed by atoms with Gasteiger partial charge >= 0.3 is 0 Å². The molecule has 2 aromatic rings. The van der Waals surface area contributed by atoms with Gasteiger partial charge in [-0.2, -0.15) is 0 Å². The Morgan fingerprint density at radius 3 is 2.60 bits per heavy atom. The van der Waals surface area contributed by atoms with E-state index in [1.165, 1.54) is 6.20 Å². The minimum atomic E-state index is -3.61. The van der Waals surface area contributed by atoms with E-state index < -0.39 is 10.0 Å². The SMILES string of the molecule is CCc1ncc(S(=O)(=O)NC(CBr)c2ccccc2)[nH]1. The molecule has 0 radical (unpaired) electrons. The molecular weight excluding hydrogens is 342 g/mol. The summed E-state index contributed by atoms with van der Waals surface area (Å²) in [5.74, 6) is 0.653. The number of H-pyrrole nitrogens is 1. The first-order valence-corrected chi connectivity index (χ1v) is 8.84. The Hall–Kier alpha value is -1.18. The third-order valence-electron chi connectivity index (χ3n) is 2.88. The van der Waals surface area contributed by atoms with Crippen LogP contribution in [0.4, 0.5) is 0 Å². The van der Waals surface area contributed by atoms with Crippen molar-refractivity contribution in [1.29, 1.82) is 0 Å². The average Bonchev–Trinajstić information content (AvgIpc) is 2.95. The number of hydrogen-bond donors (Lipinski definition) is 2. The Kier molecular flexibility index (Phi) is 4.95. The van der Waals surface area contributed by atoms with Crippen LogP contribution in [-0.4, -0.2) is 23.7 Å². The Morgan fingerprint density at radius 1 is 1.35 bits per heavy atom. The van der Waals surface area contributed by atoms with Crippen LogP contribution in [0.3, 0.4) is 0 Å². The van der Waals surface area contributed by atoms with E-state index in [2.05, 4.69) is 30.6 Å². The number of nitrogens with one attached hydrogen (secondary N) is 2. The summed E-state index contributed by atoms with van der Waals surface area (Å²) in [6.07, 6.45) is 2.01. The number of nitrogens with zero attached hydrogens (tertiary/aromatic N) is 1. The molecule has 0 aliphatic carbocycles. The first-order chi connectivity index (χ1) is 9.56. The summed E-state index contributed by atoms with van der Waals surface area (Å²) in [6, 6.07) is 9.10. The maximum absolute atomic E-state index is 12.3. The van der Waals surface area contributed by atoms with Crippen molar-refractivity contribution in [3.05, 3.63) is 47.9 Å². The van der Waals surface area contributed by atoms with Crippen molar-refractivity contribution in [2.24, 2.45) is 0 Å². The van der Waals surface area contributed by atoms with E-state index in [0.29, 0.717) is 17.6 Å².